The highest BCUT2D eigenvalue weighted by Crippen LogP contribution is 2.16. The molecule has 0 heterocycles. The van der Waals surface area contributed by atoms with Gasteiger partial charge in [0.15, 0.2) is 6.61 Å². The van der Waals surface area contributed by atoms with Crippen molar-refractivity contribution in [1.82, 2.24) is 5.32 Å². The predicted octanol–water partition coefficient (Wildman–Crippen LogP) is 0.588. The molecule has 112 valence electrons. The van der Waals surface area contributed by atoms with Crippen molar-refractivity contribution in [3.63, 3.8) is 0 Å². The predicted molar refractivity (Wildman–Crippen MR) is 74.0 cm³/mol. The lowest BCUT2D eigenvalue weighted by Gasteiger charge is -2.17. The summed E-state index contributed by atoms with van der Waals surface area (Å²) in [7, 11) is 3.13. The summed E-state index contributed by atoms with van der Waals surface area (Å²) in [5, 5.41) is 11.6. The van der Waals surface area contributed by atoms with E-state index in [1.807, 2.05) is 0 Å². The second kappa shape index (κ2) is 9.17. The normalized spacial score (nSPS) is 11.8. The Morgan fingerprint density at radius 3 is 2.45 bits per heavy atom. The first-order chi connectivity index (χ1) is 9.69. The maximum atomic E-state index is 11.7. The van der Waals surface area contributed by atoms with E-state index in [1.54, 1.807) is 38.5 Å². The Hall–Kier alpha value is -1.79. The Balaban J connectivity index is 2.37. The smallest absolute Gasteiger partial charge is 0.258 e. The highest BCUT2D eigenvalue weighted by Gasteiger charge is 2.12. The molecule has 1 rings (SSSR count). The molecule has 2 N–H and O–H groups in total. The monoisotopic (exact) mass is 283 g/mol. The largest absolute Gasteiger partial charge is 0.497 e. The summed E-state index contributed by atoms with van der Waals surface area (Å²) in [6, 6.07) is 6.76. The number of benzene rings is 1. The highest BCUT2D eigenvalue weighted by molar-refractivity contribution is 5.77. The topological polar surface area (TPSA) is 77.0 Å². The lowest BCUT2D eigenvalue weighted by atomic mass is 10.2. The number of aliphatic hydroxyl groups excluding tert-OH is 1. The quantitative estimate of drug-likeness (QED) is 0.693. The Bertz CT molecular complexity index is 387. The second-order valence-corrected chi connectivity index (χ2v) is 4.20. The summed E-state index contributed by atoms with van der Waals surface area (Å²) >= 11 is 0. The molecule has 1 amide bonds. The van der Waals surface area contributed by atoms with E-state index in [9.17, 15) is 4.79 Å². The summed E-state index contributed by atoms with van der Waals surface area (Å²) in [6.07, 6.45) is 0.447. The molecule has 0 fully saturated rings. The van der Waals surface area contributed by atoms with Crippen LogP contribution in [0.5, 0.6) is 11.5 Å². The molecule has 6 nitrogen and oxygen atoms in total. The summed E-state index contributed by atoms with van der Waals surface area (Å²) in [5.41, 5.74) is 0. The van der Waals surface area contributed by atoms with Crippen molar-refractivity contribution in [1.29, 1.82) is 0 Å². The van der Waals surface area contributed by atoms with Crippen molar-refractivity contribution >= 4 is 5.91 Å². The number of hydrogen-bond donors (Lipinski definition) is 2. The van der Waals surface area contributed by atoms with Gasteiger partial charge in [-0.2, -0.15) is 0 Å². The van der Waals surface area contributed by atoms with Gasteiger partial charge >= 0.3 is 0 Å². The van der Waals surface area contributed by atoms with Crippen molar-refractivity contribution in [2.75, 3.05) is 34.0 Å². The number of carbonyl (C=O) groups is 1. The summed E-state index contributed by atoms with van der Waals surface area (Å²) in [5.74, 6) is 1.06. The third kappa shape index (κ3) is 5.90. The number of aliphatic hydroxyl groups is 1. The summed E-state index contributed by atoms with van der Waals surface area (Å²) < 4.78 is 15.3. The third-order valence-electron chi connectivity index (χ3n) is 2.64. The standard InChI is InChI=1S/C14H21NO5/c1-18-9-11(7-8-16)15-14(17)10-20-13-5-3-12(19-2)4-6-13/h3-6,11,16H,7-10H2,1-2H3,(H,15,17). The van der Waals surface area contributed by atoms with Crippen LogP contribution in [0.2, 0.25) is 0 Å². The van der Waals surface area contributed by atoms with Crippen molar-refractivity contribution in [2.45, 2.75) is 12.5 Å². The minimum absolute atomic E-state index is 0.00631. The molecule has 1 unspecified atom stereocenters. The minimum Gasteiger partial charge on any atom is -0.497 e. The van der Waals surface area contributed by atoms with Gasteiger partial charge in [0, 0.05) is 13.7 Å². The van der Waals surface area contributed by atoms with Crippen LogP contribution in [0.4, 0.5) is 0 Å². The van der Waals surface area contributed by atoms with E-state index in [0.717, 1.165) is 5.75 Å². The molecule has 0 spiro atoms. The first kappa shape index (κ1) is 16.3. The van der Waals surface area contributed by atoms with Crippen LogP contribution in [-0.2, 0) is 9.53 Å². The van der Waals surface area contributed by atoms with Gasteiger partial charge in [0.1, 0.15) is 11.5 Å². The molecular formula is C14H21NO5. The fourth-order valence-electron chi connectivity index (χ4n) is 1.64. The van der Waals surface area contributed by atoms with Gasteiger partial charge in [-0.15, -0.1) is 0 Å². The summed E-state index contributed by atoms with van der Waals surface area (Å²) in [4.78, 5) is 11.7. The van der Waals surface area contributed by atoms with E-state index in [0.29, 0.717) is 18.8 Å². The first-order valence-corrected chi connectivity index (χ1v) is 6.35. The van der Waals surface area contributed by atoms with Gasteiger partial charge in [-0.3, -0.25) is 4.79 Å². The molecule has 1 atom stereocenters. The maximum absolute atomic E-state index is 11.7. The molecule has 6 heteroatoms. The third-order valence-corrected chi connectivity index (χ3v) is 2.64. The van der Waals surface area contributed by atoms with Gasteiger partial charge in [-0.05, 0) is 30.7 Å². The average molecular weight is 283 g/mol. The van der Waals surface area contributed by atoms with Crippen LogP contribution in [-0.4, -0.2) is 51.1 Å². The molecule has 20 heavy (non-hydrogen) atoms. The van der Waals surface area contributed by atoms with Crippen molar-refractivity contribution in [2.24, 2.45) is 0 Å². The molecule has 0 aliphatic heterocycles. The molecule has 1 aromatic rings. The Kier molecular flexibility index (Phi) is 7.46. The lowest BCUT2D eigenvalue weighted by molar-refractivity contribution is -0.124. The number of carbonyl (C=O) groups excluding carboxylic acids is 1. The molecule has 0 radical (unpaired) electrons. The second-order valence-electron chi connectivity index (χ2n) is 4.20. The number of methoxy groups -OCH3 is 2. The zero-order valence-corrected chi connectivity index (χ0v) is 11.8. The molecule has 1 aromatic carbocycles. The van der Waals surface area contributed by atoms with E-state index in [2.05, 4.69) is 5.32 Å². The average Bonchev–Trinajstić information content (AvgIpc) is 2.46. The molecule has 0 aromatic heterocycles. The van der Waals surface area contributed by atoms with Crippen LogP contribution in [0.25, 0.3) is 0 Å². The zero-order valence-electron chi connectivity index (χ0n) is 11.8. The maximum Gasteiger partial charge on any atom is 0.258 e. The van der Waals surface area contributed by atoms with E-state index in [4.69, 9.17) is 19.3 Å². The van der Waals surface area contributed by atoms with Gasteiger partial charge in [0.05, 0.1) is 19.8 Å². The fourth-order valence-corrected chi connectivity index (χ4v) is 1.64. The van der Waals surface area contributed by atoms with Gasteiger partial charge in [0.25, 0.3) is 5.91 Å². The summed E-state index contributed by atoms with van der Waals surface area (Å²) in [6.45, 7) is 0.264. The van der Waals surface area contributed by atoms with Gasteiger partial charge in [-0.25, -0.2) is 0 Å². The molecule has 0 saturated carbocycles. The fraction of sp³-hybridized carbons (Fsp3) is 0.500. The number of rotatable bonds is 9. The molecule has 0 aliphatic rings. The van der Waals surface area contributed by atoms with Crippen molar-refractivity contribution < 1.29 is 24.1 Å². The molecule has 0 aliphatic carbocycles. The first-order valence-electron chi connectivity index (χ1n) is 6.35. The van der Waals surface area contributed by atoms with Gasteiger partial charge in [-0.1, -0.05) is 0 Å². The highest BCUT2D eigenvalue weighted by atomic mass is 16.5. The van der Waals surface area contributed by atoms with E-state index < -0.39 is 0 Å². The van der Waals surface area contributed by atoms with Crippen LogP contribution in [0.1, 0.15) is 6.42 Å². The Morgan fingerprint density at radius 2 is 1.90 bits per heavy atom. The van der Waals surface area contributed by atoms with Crippen molar-refractivity contribution in [3.05, 3.63) is 24.3 Å². The van der Waals surface area contributed by atoms with Crippen molar-refractivity contribution in [3.8, 4) is 11.5 Å². The Morgan fingerprint density at radius 1 is 1.25 bits per heavy atom. The molecule has 0 saturated heterocycles. The zero-order chi connectivity index (χ0) is 14.8. The Labute approximate surface area is 118 Å². The lowest BCUT2D eigenvalue weighted by Crippen LogP contribution is -2.41. The molecular weight excluding hydrogens is 262 g/mol. The SMILES string of the molecule is COCC(CCO)NC(=O)COc1ccc(OC)cc1. The van der Waals surface area contributed by atoms with Gasteiger partial charge in [0.2, 0.25) is 0 Å². The minimum atomic E-state index is -0.253. The van der Waals surface area contributed by atoms with Crippen LogP contribution < -0.4 is 14.8 Å². The van der Waals surface area contributed by atoms with E-state index >= 15 is 0 Å². The van der Waals surface area contributed by atoms with Crippen LogP contribution in [0.15, 0.2) is 24.3 Å². The number of nitrogens with one attached hydrogen (secondary N) is 1. The number of ether oxygens (including phenoxy) is 3. The van der Waals surface area contributed by atoms with Crippen LogP contribution >= 0.6 is 0 Å². The van der Waals surface area contributed by atoms with E-state index in [1.165, 1.54) is 0 Å². The number of hydrogen-bond acceptors (Lipinski definition) is 5. The molecule has 0 bridgehead atoms. The van der Waals surface area contributed by atoms with Crippen LogP contribution in [0, 0.1) is 0 Å². The van der Waals surface area contributed by atoms with Crippen LogP contribution in [0.3, 0.4) is 0 Å². The van der Waals surface area contributed by atoms with Gasteiger partial charge < -0.3 is 24.6 Å². The van der Waals surface area contributed by atoms with E-state index in [-0.39, 0.29) is 25.2 Å². The number of amides is 1.